The van der Waals surface area contributed by atoms with Crippen molar-refractivity contribution in [1.29, 1.82) is 0 Å². The molecule has 1 aliphatic carbocycles. The second-order valence-electron chi connectivity index (χ2n) is 9.10. The van der Waals surface area contributed by atoms with Crippen molar-refractivity contribution >= 4 is 11.8 Å². The quantitative estimate of drug-likeness (QED) is 0.525. The molecule has 34 heavy (non-hydrogen) atoms. The Morgan fingerprint density at radius 2 is 1.50 bits per heavy atom. The summed E-state index contributed by atoms with van der Waals surface area (Å²) in [5, 5.41) is 6.16. The number of hydrogen-bond donors (Lipinski definition) is 2. The van der Waals surface area contributed by atoms with Gasteiger partial charge in [0.05, 0.1) is 24.1 Å². The Labute approximate surface area is 201 Å². The average Bonchev–Trinajstić information content (AvgIpc) is 2.88. The fourth-order valence-corrected chi connectivity index (χ4v) is 4.72. The zero-order chi connectivity index (χ0) is 23.8. The van der Waals surface area contributed by atoms with E-state index in [1.54, 1.807) is 12.4 Å². The fourth-order valence-electron chi connectivity index (χ4n) is 4.72. The summed E-state index contributed by atoms with van der Waals surface area (Å²) in [4.78, 5) is 35.3. The summed E-state index contributed by atoms with van der Waals surface area (Å²) in [5.41, 5.74) is 2.82. The molecule has 0 spiro atoms. The molecule has 0 saturated heterocycles. The van der Waals surface area contributed by atoms with Gasteiger partial charge in [-0.25, -0.2) is 0 Å². The van der Waals surface area contributed by atoms with Gasteiger partial charge in [0.2, 0.25) is 11.8 Å². The summed E-state index contributed by atoms with van der Waals surface area (Å²) in [6.45, 7) is 2.17. The second-order valence-corrected chi connectivity index (χ2v) is 9.10. The number of hydrogen-bond acceptors (Lipinski definition) is 4. The van der Waals surface area contributed by atoms with Crippen molar-refractivity contribution in [2.75, 3.05) is 0 Å². The molecular weight excluding hydrogens is 424 g/mol. The molecule has 6 nitrogen and oxygen atoms in total. The molecule has 2 amide bonds. The molecule has 3 aromatic rings. The van der Waals surface area contributed by atoms with Crippen LogP contribution in [0.2, 0.25) is 0 Å². The smallest absolute Gasteiger partial charge is 0.246 e. The van der Waals surface area contributed by atoms with Crippen molar-refractivity contribution in [2.24, 2.45) is 0 Å². The largest absolute Gasteiger partial charge is 0.348 e. The SMILES string of the molecule is Cc1cnc(CNC(=O)C2(NC(=O)CC(c3ccccc3)c3ccccc3)CCCCC2)cn1. The predicted octanol–water partition coefficient (Wildman–Crippen LogP) is 4.44. The van der Waals surface area contributed by atoms with E-state index >= 15 is 0 Å². The molecule has 0 radical (unpaired) electrons. The zero-order valence-electron chi connectivity index (χ0n) is 19.7. The zero-order valence-corrected chi connectivity index (χ0v) is 19.7. The number of aromatic nitrogens is 2. The molecule has 0 bridgehead atoms. The summed E-state index contributed by atoms with van der Waals surface area (Å²) >= 11 is 0. The van der Waals surface area contributed by atoms with Crippen LogP contribution in [0, 0.1) is 6.92 Å². The van der Waals surface area contributed by atoms with E-state index in [1.807, 2.05) is 43.3 Å². The van der Waals surface area contributed by atoms with Crippen LogP contribution in [-0.2, 0) is 16.1 Å². The van der Waals surface area contributed by atoms with Crippen LogP contribution in [-0.4, -0.2) is 27.3 Å². The predicted molar refractivity (Wildman–Crippen MR) is 132 cm³/mol. The maximum atomic E-state index is 13.4. The minimum Gasteiger partial charge on any atom is -0.348 e. The summed E-state index contributed by atoms with van der Waals surface area (Å²) in [6.07, 6.45) is 7.84. The van der Waals surface area contributed by atoms with Crippen LogP contribution in [0.3, 0.4) is 0 Å². The van der Waals surface area contributed by atoms with Gasteiger partial charge in [-0.3, -0.25) is 19.6 Å². The number of benzene rings is 2. The van der Waals surface area contributed by atoms with Crippen LogP contribution >= 0.6 is 0 Å². The number of carbonyl (C=O) groups is 2. The summed E-state index contributed by atoms with van der Waals surface area (Å²) < 4.78 is 0. The van der Waals surface area contributed by atoms with E-state index in [1.165, 1.54) is 0 Å². The lowest BCUT2D eigenvalue weighted by atomic mass is 9.80. The molecule has 0 atom stereocenters. The minimum atomic E-state index is -0.884. The van der Waals surface area contributed by atoms with Gasteiger partial charge >= 0.3 is 0 Å². The Morgan fingerprint density at radius 1 is 0.882 bits per heavy atom. The number of nitrogens with one attached hydrogen (secondary N) is 2. The highest BCUT2D eigenvalue weighted by Gasteiger charge is 2.41. The summed E-state index contributed by atoms with van der Waals surface area (Å²) in [6, 6.07) is 20.1. The van der Waals surface area contributed by atoms with Gasteiger partial charge in [0.1, 0.15) is 5.54 Å². The van der Waals surface area contributed by atoms with E-state index in [0.29, 0.717) is 25.1 Å². The Hall–Kier alpha value is -3.54. The molecule has 1 fully saturated rings. The Balaban J connectivity index is 1.48. The van der Waals surface area contributed by atoms with Crippen LogP contribution in [0.4, 0.5) is 0 Å². The van der Waals surface area contributed by atoms with Crippen molar-refractivity contribution in [3.63, 3.8) is 0 Å². The monoisotopic (exact) mass is 456 g/mol. The van der Waals surface area contributed by atoms with Crippen molar-refractivity contribution in [3.8, 4) is 0 Å². The lowest BCUT2D eigenvalue weighted by molar-refractivity contribution is -0.135. The minimum absolute atomic E-state index is 0.0751. The first-order valence-corrected chi connectivity index (χ1v) is 12.0. The van der Waals surface area contributed by atoms with E-state index in [-0.39, 0.29) is 24.2 Å². The third-order valence-corrected chi connectivity index (χ3v) is 6.58. The summed E-state index contributed by atoms with van der Waals surface area (Å²) in [5.74, 6) is -0.322. The Kier molecular flexibility index (Phi) is 7.68. The number of nitrogens with zero attached hydrogens (tertiary/aromatic N) is 2. The van der Waals surface area contributed by atoms with Gasteiger partial charge < -0.3 is 10.6 Å². The van der Waals surface area contributed by atoms with Gasteiger partial charge in [-0.1, -0.05) is 79.9 Å². The first-order valence-electron chi connectivity index (χ1n) is 12.0. The summed E-state index contributed by atoms with van der Waals surface area (Å²) in [7, 11) is 0. The average molecular weight is 457 g/mol. The third-order valence-electron chi connectivity index (χ3n) is 6.58. The normalized spacial score (nSPS) is 15.0. The fraction of sp³-hybridized carbons (Fsp3) is 0.357. The molecule has 2 aromatic carbocycles. The maximum absolute atomic E-state index is 13.4. The highest BCUT2D eigenvalue weighted by Crippen LogP contribution is 2.31. The molecule has 6 heteroatoms. The van der Waals surface area contributed by atoms with Crippen LogP contribution in [0.1, 0.15) is 67.0 Å². The first-order chi connectivity index (χ1) is 16.6. The first kappa shape index (κ1) is 23.6. The van der Waals surface area contributed by atoms with Crippen LogP contribution < -0.4 is 10.6 Å². The van der Waals surface area contributed by atoms with Crippen LogP contribution in [0.5, 0.6) is 0 Å². The van der Waals surface area contributed by atoms with E-state index < -0.39 is 5.54 Å². The number of aryl methyl sites for hydroxylation is 1. The molecule has 176 valence electrons. The van der Waals surface area contributed by atoms with Gasteiger partial charge in [-0.15, -0.1) is 0 Å². The highest BCUT2D eigenvalue weighted by atomic mass is 16.2. The molecule has 2 N–H and O–H groups in total. The van der Waals surface area contributed by atoms with Crippen molar-refractivity contribution in [2.45, 2.75) is 63.5 Å². The molecule has 1 heterocycles. The van der Waals surface area contributed by atoms with Gasteiger partial charge in [0.15, 0.2) is 0 Å². The molecule has 1 aliphatic rings. The highest BCUT2D eigenvalue weighted by molar-refractivity contribution is 5.92. The topological polar surface area (TPSA) is 84.0 Å². The third kappa shape index (κ3) is 5.87. The molecule has 4 rings (SSSR count). The Morgan fingerprint density at radius 3 is 2.06 bits per heavy atom. The molecule has 0 unspecified atom stereocenters. The Bertz CT molecular complexity index is 1040. The maximum Gasteiger partial charge on any atom is 0.246 e. The van der Waals surface area contributed by atoms with E-state index in [0.717, 1.165) is 36.1 Å². The number of carbonyl (C=O) groups excluding carboxylic acids is 2. The van der Waals surface area contributed by atoms with E-state index in [9.17, 15) is 9.59 Å². The molecule has 0 aliphatic heterocycles. The van der Waals surface area contributed by atoms with Gasteiger partial charge in [0.25, 0.3) is 0 Å². The molecule has 1 saturated carbocycles. The number of rotatable bonds is 8. The van der Waals surface area contributed by atoms with E-state index in [4.69, 9.17) is 0 Å². The standard InChI is InChI=1S/C28H32N4O2/c1-21-18-30-24(19-29-21)20-31-27(34)28(15-9-4-10-16-28)32-26(33)17-25(22-11-5-2-6-12-22)23-13-7-3-8-14-23/h2-3,5-8,11-14,18-19,25H,4,9-10,15-17,20H2,1H3,(H,31,34)(H,32,33). The molecular formula is C28H32N4O2. The van der Waals surface area contributed by atoms with Crippen LogP contribution in [0.15, 0.2) is 73.1 Å². The lowest BCUT2D eigenvalue weighted by Gasteiger charge is -2.37. The van der Waals surface area contributed by atoms with Gasteiger partial charge in [-0.05, 0) is 30.9 Å². The molecule has 1 aromatic heterocycles. The van der Waals surface area contributed by atoms with Crippen molar-refractivity contribution < 1.29 is 9.59 Å². The number of amides is 2. The van der Waals surface area contributed by atoms with Crippen LogP contribution in [0.25, 0.3) is 0 Å². The lowest BCUT2D eigenvalue weighted by Crippen LogP contribution is -2.59. The van der Waals surface area contributed by atoms with Gasteiger partial charge in [-0.2, -0.15) is 0 Å². The second kappa shape index (κ2) is 11.1. The van der Waals surface area contributed by atoms with Crippen molar-refractivity contribution in [3.05, 3.63) is 95.6 Å². The van der Waals surface area contributed by atoms with E-state index in [2.05, 4.69) is 44.9 Å². The van der Waals surface area contributed by atoms with Gasteiger partial charge in [0, 0.05) is 18.5 Å². The van der Waals surface area contributed by atoms with Crippen molar-refractivity contribution in [1.82, 2.24) is 20.6 Å².